The minimum absolute atomic E-state index is 0.0285. The van der Waals surface area contributed by atoms with Crippen molar-refractivity contribution in [2.45, 2.75) is 25.7 Å². The topological polar surface area (TPSA) is 45.6 Å². The lowest BCUT2D eigenvalue weighted by atomic mass is 9.99. The summed E-state index contributed by atoms with van der Waals surface area (Å²) in [6, 6.07) is 19.6. The van der Waals surface area contributed by atoms with E-state index < -0.39 is 0 Å². The van der Waals surface area contributed by atoms with Crippen LogP contribution in [0.15, 0.2) is 71.8 Å². The lowest BCUT2D eigenvalue weighted by molar-refractivity contribution is -0.127. The predicted molar refractivity (Wildman–Crippen MR) is 116 cm³/mol. The largest absolute Gasteiger partial charge is 0.273 e. The van der Waals surface area contributed by atoms with E-state index in [0.717, 1.165) is 16.8 Å². The molecule has 30 heavy (non-hydrogen) atoms. The first kappa shape index (κ1) is 20.2. The Morgan fingerprint density at radius 1 is 1.13 bits per heavy atom. The summed E-state index contributed by atoms with van der Waals surface area (Å²) >= 11 is 5.98. The Hall–Kier alpha value is -3.05. The average molecular weight is 422 g/mol. The highest BCUT2D eigenvalue weighted by molar-refractivity contribution is 6.30. The Morgan fingerprint density at radius 3 is 2.57 bits per heavy atom. The minimum Gasteiger partial charge on any atom is -0.273 e. The molecule has 1 fully saturated rings. The highest BCUT2D eigenvalue weighted by Gasteiger charge is 2.31. The summed E-state index contributed by atoms with van der Waals surface area (Å²) in [5, 5.41) is 6.90. The van der Waals surface area contributed by atoms with Gasteiger partial charge in [0.25, 0.3) is 0 Å². The van der Waals surface area contributed by atoms with Crippen molar-refractivity contribution in [1.82, 2.24) is 9.99 Å². The molecule has 0 N–H and O–H groups in total. The molecule has 1 saturated heterocycles. The van der Waals surface area contributed by atoms with Gasteiger partial charge in [-0.3, -0.25) is 9.78 Å². The zero-order valence-corrected chi connectivity index (χ0v) is 17.3. The molecule has 4 nitrogen and oxygen atoms in total. The van der Waals surface area contributed by atoms with Crippen molar-refractivity contribution >= 4 is 23.2 Å². The molecular weight excluding hydrogens is 401 g/mol. The molecule has 1 aliphatic rings. The van der Waals surface area contributed by atoms with Crippen LogP contribution >= 0.6 is 11.6 Å². The number of halogens is 2. The number of nitrogens with zero attached hydrogens (tertiary/aromatic N) is 3. The molecule has 1 atom stereocenters. The van der Waals surface area contributed by atoms with Crippen LogP contribution in [-0.4, -0.2) is 28.2 Å². The Balaban J connectivity index is 1.63. The van der Waals surface area contributed by atoms with E-state index in [1.807, 2.05) is 49.4 Å². The maximum absolute atomic E-state index is 13.3. The Kier molecular flexibility index (Phi) is 5.91. The van der Waals surface area contributed by atoms with Crippen molar-refractivity contribution < 1.29 is 9.18 Å². The molecule has 4 rings (SSSR count). The van der Waals surface area contributed by atoms with Gasteiger partial charge in [0.1, 0.15) is 5.82 Å². The zero-order valence-electron chi connectivity index (χ0n) is 16.6. The summed E-state index contributed by atoms with van der Waals surface area (Å²) in [6.45, 7) is 2.41. The van der Waals surface area contributed by atoms with Crippen molar-refractivity contribution in [3.05, 3.63) is 100 Å². The maximum atomic E-state index is 13.3. The molecule has 1 aromatic heterocycles. The molecule has 1 aliphatic heterocycles. The van der Waals surface area contributed by atoms with Gasteiger partial charge in [0.2, 0.25) is 5.91 Å². The van der Waals surface area contributed by atoms with Gasteiger partial charge in [-0.1, -0.05) is 41.9 Å². The smallest absolute Gasteiger partial charge is 0.243 e. The SMILES string of the molecule is Cc1cccc(/C(Cc2ccc(F)cc2)=N/N2CC(c3ccc(Cl)cc3)CC2=O)n1. The number of rotatable bonds is 5. The molecule has 1 amide bonds. The normalized spacial score (nSPS) is 16.9. The number of hydrazone groups is 1. The van der Waals surface area contributed by atoms with E-state index in [-0.39, 0.29) is 17.6 Å². The highest BCUT2D eigenvalue weighted by atomic mass is 35.5. The summed E-state index contributed by atoms with van der Waals surface area (Å²) in [5.74, 6) is -0.248. The van der Waals surface area contributed by atoms with E-state index in [2.05, 4.69) is 4.98 Å². The van der Waals surface area contributed by atoms with Crippen LogP contribution in [0.5, 0.6) is 0 Å². The van der Waals surface area contributed by atoms with Crippen LogP contribution in [0.2, 0.25) is 5.02 Å². The Morgan fingerprint density at radius 2 is 1.87 bits per heavy atom. The third-order valence-corrected chi connectivity index (χ3v) is 5.41. The van der Waals surface area contributed by atoms with Crippen LogP contribution in [-0.2, 0) is 11.2 Å². The second-order valence-electron chi connectivity index (χ2n) is 7.44. The third kappa shape index (κ3) is 4.74. The van der Waals surface area contributed by atoms with E-state index in [9.17, 15) is 9.18 Å². The number of pyridine rings is 1. The molecule has 0 aliphatic carbocycles. The second kappa shape index (κ2) is 8.76. The highest BCUT2D eigenvalue weighted by Crippen LogP contribution is 2.29. The molecule has 2 heterocycles. The van der Waals surface area contributed by atoms with Crippen molar-refractivity contribution in [3.8, 4) is 0 Å². The van der Waals surface area contributed by atoms with Crippen molar-refractivity contribution in [3.63, 3.8) is 0 Å². The van der Waals surface area contributed by atoms with Crippen LogP contribution in [0.25, 0.3) is 0 Å². The standard InChI is InChI=1S/C24H21ClFN3O/c1-16-3-2-4-22(27-16)23(13-17-5-11-21(26)12-6-17)28-29-15-19(14-24(29)30)18-7-9-20(25)10-8-18/h2-12,19H,13-15H2,1H3/b28-23+. The Bertz CT molecular complexity index is 1080. The lowest BCUT2D eigenvalue weighted by Crippen LogP contribution is -2.23. The van der Waals surface area contributed by atoms with E-state index in [1.54, 1.807) is 12.1 Å². The maximum Gasteiger partial charge on any atom is 0.243 e. The molecule has 1 unspecified atom stereocenters. The molecule has 0 bridgehead atoms. The van der Waals surface area contributed by atoms with Gasteiger partial charge in [0.05, 0.1) is 18.0 Å². The van der Waals surface area contributed by atoms with Gasteiger partial charge in [0.15, 0.2) is 0 Å². The van der Waals surface area contributed by atoms with Crippen molar-refractivity contribution in [2.24, 2.45) is 5.10 Å². The molecule has 0 spiro atoms. The van der Waals surface area contributed by atoms with E-state index in [4.69, 9.17) is 16.7 Å². The first-order chi connectivity index (χ1) is 14.5. The second-order valence-corrected chi connectivity index (χ2v) is 7.88. The summed E-state index contributed by atoms with van der Waals surface area (Å²) in [7, 11) is 0. The third-order valence-electron chi connectivity index (χ3n) is 5.15. The number of hydrogen-bond acceptors (Lipinski definition) is 3. The van der Waals surface area contributed by atoms with Crippen LogP contribution in [0.1, 0.15) is 34.9 Å². The van der Waals surface area contributed by atoms with Crippen LogP contribution in [0.3, 0.4) is 0 Å². The Labute approximate surface area is 180 Å². The first-order valence-electron chi connectivity index (χ1n) is 9.80. The van der Waals surface area contributed by atoms with Crippen LogP contribution in [0, 0.1) is 12.7 Å². The quantitative estimate of drug-likeness (QED) is 0.535. The number of amides is 1. The van der Waals surface area contributed by atoms with Gasteiger partial charge in [-0.05, 0) is 54.4 Å². The van der Waals surface area contributed by atoms with E-state index >= 15 is 0 Å². The molecule has 152 valence electrons. The predicted octanol–water partition coefficient (Wildman–Crippen LogP) is 5.15. The monoisotopic (exact) mass is 421 g/mol. The average Bonchev–Trinajstić information content (AvgIpc) is 3.10. The number of aromatic nitrogens is 1. The van der Waals surface area contributed by atoms with Gasteiger partial charge in [-0.25, -0.2) is 9.40 Å². The fourth-order valence-electron chi connectivity index (χ4n) is 3.57. The number of hydrogen-bond donors (Lipinski definition) is 0. The molecule has 2 aromatic carbocycles. The molecular formula is C24H21ClFN3O. The zero-order chi connectivity index (χ0) is 21.1. The molecule has 6 heteroatoms. The van der Waals surface area contributed by atoms with Crippen molar-refractivity contribution in [2.75, 3.05) is 6.54 Å². The van der Waals surface area contributed by atoms with Gasteiger partial charge in [-0.15, -0.1) is 0 Å². The summed E-state index contributed by atoms with van der Waals surface area (Å²) in [4.78, 5) is 17.3. The van der Waals surface area contributed by atoms with Gasteiger partial charge >= 0.3 is 0 Å². The van der Waals surface area contributed by atoms with Gasteiger partial charge < -0.3 is 0 Å². The number of benzene rings is 2. The summed E-state index contributed by atoms with van der Waals surface area (Å²) in [5.41, 5.74) is 4.22. The van der Waals surface area contributed by atoms with Gasteiger partial charge in [-0.2, -0.15) is 5.10 Å². The fourth-order valence-corrected chi connectivity index (χ4v) is 3.69. The molecule has 0 saturated carbocycles. The molecule has 3 aromatic rings. The summed E-state index contributed by atoms with van der Waals surface area (Å²) < 4.78 is 13.3. The van der Waals surface area contributed by atoms with Crippen molar-refractivity contribution in [1.29, 1.82) is 0 Å². The summed E-state index contributed by atoms with van der Waals surface area (Å²) in [6.07, 6.45) is 0.850. The van der Waals surface area contributed by atoms with Gasteiger partial charge in [0, 0.05) is 29.5 Å². The van der Waals surface area contributed by atoms with Crippen LogP contribution in [0.4, 0.5) is 4.39 Å². The first-order valence-corrected chi connectivity index (χ1v) is 10.2. The van der Waals surface area contributed by atoms with Crippen LogP contribution < -0.4 is 0 Å². The minimum atomic E-state index is -0.286. The lowest BCUT2D eigenvalue weighted by Gasteiger charge is -2.15. The number of carbonyl (C=O) groups excluding carboxylic acids is 1. The number of aryl methyl sites for hydroxylation is 1. The fraction of sp³-hybridized carbons (Fsp3) is 0.208. The number of carbonyl (C=O) groups is 1. The van der Waals surface area contributed by atoms with E-state index in [0.29, 0.717) is 35.8 Å². The van der Waals surface area contributed by atoms with E-state index in [1.165, 1.54) is 17.1 Å². The molecule has 0 radical (unpaired) electrons.